The van der Waals surface area contributed by atoms with Crippen LogP contribution >= 0.6 is 0 Å². The molecule has 1 aliphatic heterocycles. The second kappa shape index (κ2) is 10.1. The van der Waals surface area contributed by atoms with Crippen molar-refractivity contribution in [1.29, 1.82) is 0 Å². The number of morpholine rings is 1. The van der Waals surface area contributed by atoms with Crippen molar-refractivity contribution >= 4 is 27.5 Å². The molecule has 1 saturated heterocycles. The highest BCUT2D eigenvalue weighted by Gasteiger charge is 2.30. The summed E-state index contributed by atoms with van der Waals surface area (Å²) in [4.78, 5) is 25.0. The van der Waals surface area contributed by atoms with Crippen molar-refractivity contribution in [3.8, 4) is 5.75 Å². The molecule has 2 aromatic rings. The Kier molecular flexibility index (Phi) is 7.49. The number of ether oxygens (including phenoxy) is 2. The summed E-state index contributed by atoms with van der Waals surface area (Å²) >= 11 is 0. The predicted molar refractivity (Wildman–Crippen MR) is 120 cm³/mol. The Balaban J connectivity index is 1.90. The number of carbonyl (C=O) groups excluding carboxylic acids is 2. The number of anilines is 1. The zero-order valence-corrected chi connectivity index (χ0v) is 19.1. The lowest BCUT2D eigenvalue weighted by molar-refractivity contribution is 0.0729. The van der Waals surface area contributed by atoms with Crippen LogP contribution in [0.4, 0.5) is 5.69 Å². The fourth-order valence-corrected chi connectivity index (χ4v) is 4.89. The molecule has 2 aromatic carbocycles. The van der Waals surface area contributed by atoms with E-state index >= 15 is 0 Å². The Morgan fingerprint density at radius 3 is 2.38 bits per heavy atom. The van der Waals surface area contributed by atoms with E-state index in [0.717, 1.165) is 5.56 Å². The van der Waals surface area contributed by atoms with Crippen molar-refractivity contribution in [3.05, 3.63) is 53.1 Å². The number of benzene rings is 2. The molecule has 1 fully saturated rings. The predicted octanol–water partition coefficient (Wildman–Crippen LogP) is 2.03. The van der Waals surface area contributed by atoms with Gasteiger partial charge in [-0.1, -0.05) is 6.07 Å². The van der Waals surface area contributed by atoms with Gasteiger partial charge in [0.25, 0.3) is 11.8 Å². The minimum Gasteiger partial charge on any atom is -0.495 e. The van der Waals surface area contributed by atoms with E-state index < -0.39 is 15.9 Å². The number of sulfonamides is 1. The van der Waals surface area contributed by atoms with Crippen LogP contribution in [0.3, 0.4) is 0 Å². The summed E-state index contributed by atoms with van der Waals surface area (Å²) in [5, 5.41) is 5.49. The molecule has 2 N–H and O–H groups in total. The summed E-state index contributed by atoms with van der Waals surface area (Å²) in [5.41, 5.74) is 1.80. The maximum Gasteiger partial charge on any atom is 0.255 e. The number of aryl methyl sites for hydroxylation is 1. The van der Waals surface area contributed by atoms with Gasteiger partial charge in [-0.25, -0.2) is 8.42 Å². The van der Waals surface area contributed by atoms with E-state index in [2.05, 4.69) is 10.6 Å². The number of amides is 2. The number of hydrogen-bond donors (Lipinski definition) is 2. The maximum atomic E-state index is 13.1. The lowest BCUT2D eigenvalue weighted by Gasteiger charge is -2.26. The van der Waals surface area contributed by atoms with Crippen LogP contribution < -0.4 is 15.4 Å². The molecule has 9 nitrogen and oxygen atoms in total. The number of methoxy groups -OCH3 is 1. The molecule has 1 heterocycles. The van der Waals surface area contributed by atoms with E-state index in [1.807, 2.05) is 6.92 Å². The van der Waals surface area contributed by atoms with E-state index in [4.69, 9.17) is 9.47 Å². The van der Waals surface area contributed by atoms with Gasteiger partial charge in [0.1, 0.15) is 10.6 Å². The third-order valence-electron chi connectivity index (χ3n) is 5.10. The standard InChI is InChI=1S/C22H27N3O6S/c1-4-23-21(26)16-6-5-15(2)18(13-16)24-22(27)17-7-8-19(30-3)20(14-17)32(28,29)25-9-11-31-12-10-25/h5-8,13-14H,4,9-12H2,1-3H3,(H,23,26)(H,24,27). The molecular formula is C22H27N3O6S. The van der Waals surface area contributed by atoms with Crippen molar-refractivity contribution < 1.29 is 27.5 Å². The van der Waals surface area contributed by atoms with E-state index in [1.165, 1.54) is 29.6 Å². The zero-order chi connectivity index (χ0) is 23.3. The zero-order valence-electron chi connectivity index (χ0n) is 18.3. The first-order valence-electron chi connectivity index (χ1n) is 10.2. The molecule has 2 amide bonds. The number of nitrogens with zero attached hydrogens (tertiary/aromatic N) is 1. The molecule has 0 saturated carbocycles. The van der Waals surface area contributed by atoms with Gasteiger partial charge < -0.3 is 20.1 Å². The van der Waals surface area contributed by atoms with Crippen LogP contribution in [-0.4, -0.2) is 64.5 Å². The summed E-state index contributed by atoms with van der Waals surface area (Å²) in [6.45, 7) is 5.19. The Labute approximate surface area is 187 Å². The summed E-state index contributed by atoms with van der Waals surface area (Å²) in [7, 11) is -2.49. The average Bonchev–Trinajstić information content (AvgIpc) is 2.80. The number of nitrogens with one attached hydrogen (secondary N) is 2. The molecule has 0 atom stereocenters. The monoisotopic (exact) mass is 461 g/mol. The van der Waals surface area contributed by atoms with Crippen LogP contribution in [0.1, 0.15) is 33.2 Å². The van der Waals surface area contributed by atoms with E-state index in [0.29, 0.717) is 31.0 Å². The molecule has 0 spiro atoms. The summed E-state index contributed by atoms with van der Waals surface area (Å²) < 4.78 is 38.1. The molecule has 10 heteroatoms. The Bertz CT molecular complexity index is 1110. The van der Waals surface area contributed by atoms with Crippen LogP contribution in [0, 0.1) is 6.92 Å². The highest BCUT2D eigenvalue weighted by Crippen LogP contribution is 2.29. The normalized spacial score (nSPS) is 14.6. The van der Waals surface area contributed by atoms with Crippen LogP contribution in [0.2, 0.25) is 0 Å². The van der Waals surface area contributed by atoms with Gasteiger partial charge >= 0.3 is 0 Å². The van der Waals surface area contributed by atoms with Crippen molar-refractivity contribution in [3.63, 3.8) is 0 Å². The third-order valence-corrected chi connectivity index (χ3v) is 7.02. The highest BCUT2D eigenvalue weighted by atomic mass is 32.2. The van der Waals surface area contributed by atoms with Gasteiger partial charge in [-0.3, -0.25) is 9.59 Å². The molecular weight excluding hydrogens is 434 g/mol. The minimum absolute atomic E-state index is 0.0812. The lowest BCUT2D eigenvalue weighted by atomic mass is 10.1. The molecule has 172 valence electrons. The molecule has 0 aromatic heterocycles. The van der Waals surface area contributed by atoms with Gasteiger partial charge in [-0.15, -0.1) is 0 Å². The average molecular weight is 462 g/mol. The largest absolute Gasteiger partial charge is 0.495 e. The van der Waals surface area contributed by atoms with Gasteiger partial charge in [0.2, 0.25) is 10.0 Å². The van der Waals surface area contributed by atoms with Gasteiger partial charge in [0, 0.05) is 36.4 Å². The Morgan fingerprint density at radius 2 is 1.72 bits per heavy atom. The first-order chi connectivity index (χ1) is 15.3. The molecule has 3 rings (SSSR count). The summed E-state index contributed by atoms with van der Waals surface area (Å²) in [5.74, 6) is -0.587. The molecule has 0 radical (unpaired) electrons. The third kappa shape index (κ3) is 5.09. The van der Waals surface area contributed by atoms with Crippen molar-refractivity contribution in [2.75, 3.05) is 45.3 Å². The van der Waals surface area contributed by atoms with Crippen LogP contribution in [0.5, 0.6) is 5.75 Å². The lowest BCUT2D eigenvalue weighted by Crippen LogP contribution is -2.40. The summed E-state index contributed by atoms with van der Waals surface area (Å²) in [6.07, 6.45) is 0. The Morgan fingerprint density at radius 1 is 1.06 bits per heavy atom. The van der Waals surface area contributed by atoms with Crippen LogP contribution in [-0.2, 0) is 14.8 Å². The van der Waals surface area contributed by atoms with Crippen molar-refractivity contribution in [2.45, 2.75) is 18.7 Å². The molecule has 1 aliphatic rings. The first kappa shape index (κ1) is 23.7. The Hall–Kier alpha value is -2.95. The SMILES string of the molecule is CCNC(=O)c1ccc(C)c(NC(=O)c2ccc(OC)c(S(=O)(=O)N3CCOCC3)c2)c1. The molecule has 0 aliphatic carbocycles. The molecule has 0 bridgehead atoms. The number of hydrogen-bond acceptors (Lipinski definition) is 6. The summed E-state index contributed by atoms with van der Waals surface area (Å²) in [6, 6.07) is 9.27. The van der Waals surface area contributed by atoms with E-state index in [1.54, 1.807) is 25.1 Å². The maximum absolute atomic E-state index is 13.1. The fraction of sp³-hybridized carbons (Fsp3) is 0.364. The second-order valence-corrected chi connectivity index (χ2v) is 9.13. The van der Waals surface area contributed by atoms with Gasteiger partial charge in [0.15, 0.2) is 0 Å². The quantitative estimate of drug-likeness (QED) is 0.652. The minimum atomic E-state index is -3.87. The number of rotatable bonds is 7. The topological polar surface area (TPSA) is 114 Å². The first-order valence-corrected chi connectivity index (χ1v) is 11.7. The highest BCUT2D eigenvalue weighted by molar-refractivity contribution is 7.89. The smallest absolute Gasteiger partial charge is 0.255 e. The van der Waals surface area contributed by atoms with Crippen molar-refractivity contribution in [2.24, 2.45) is 0 Å². The molecule has 0 unspecified atom stereocenters. The van der Waals surface area contributed by atoms with Crippen LogP contribution in [0.25, 0.3) is 0 Å². The van der Waals surface area contributed by atoms with Gasteiger partial charge in [0.05, 0.1) is 20.3 Å². The van der Waals surface area contributed by atoms with Crippen molar-refractivity contribution in [1.82, 2.24) is 9.62 Å². The van der Waals surface area contributed by atoms with E-state index in [9.17, 15) is 18.0 Å². The van der Waals surface area contributed by atoms with E-state index in [-0.39, 0.29) is 35.2 Å². The second-order valence-electron chi connectivity index (χ2n) is 7.23. The fourth-order valence-electron chi connectivity index (χ4n) is 3.30. The van der Waals surface area contributed by atoms with Gasteiger partial charge in [-0.2, -0.15) is 4.31 Å². The molecule has 32 heavy (non-hydrogen) atoms. The number of carbonyl (C=O) groups is 2. The van der Waals surface area contributed by atoms with Crippen LogP contribution in [0.15, 0.2) is 41.3 Å². The van der Waals surface area contributed by atoms with Gasteiger partial charge in [-0.05, 0) is 49.7 Å².